The van der Waals surface area contributed by atoms with Gasteiger partial charge in [-0.05, 0) is 49.4 Å². The van der Waals surface area contributed by atoms with Gasteiger partial charge in [0.15, 0.2) is 0 Å². The molecular formula is C16H17BrClNS. The van der Waals surface area contributed by atoms with Gasteiger partial charge in [0.2, 0.25) is 0 Å². The van der Waals surface area contributed by atoms with Crippen LogP contribution in [0.1, 0.15) is 25.5 Å². The van der Waals surface area contributed by atoms with E-state index in [0.29, 0.717) is 6.04 Å². The smallest absolute Gasteiger partial charge is 0.0417 e. The highest BCUT2D eigenvalue weighted by molar-refractivity contribution is 9.10. The van der Waals surface area contributed by atoms with Gasteiger partial charge in [-0.15, -0.1) is 0 Å². The van der Waals surface area contributed by atoms with Gasteiger partial charge in [-0.1, -0.05) is 58.3 Å². The van der Waals surface area contributed by atoms with Crippen LogP contribution in [0.25, 0.3) is 0 Å². The fourth-order valence-corrected chi connectivity index (χ4v) is 3.93. The van der Waals surface area contributed by atoms with Gasteiger partial charge in [-0.25, -0.2) is 0 Å². The molecule has 0 radical (unpaired) electrons. The molecule has 0 aromatic heterocycles. The van der Waals surface area contributed by atoms with E-state index < -0.39 is 0 Å². The Labute approximate surface area is 138 Å². The Morgan fingerprint density at radius 2 is 2.05 bits per heavy atom. The molecule has 0 aliphatic carbocycles. The van der Waals surface area contributed by atoms with Gasteiger partial charge in [-0.3, -0.25) is 0 Å². The fraction of sp³-hybridized carbons (Fsp3) is 0.250. The second-order valence-corrected chi connectivity index (χ2v) is 6.99. The van der Waals surface area contributed by atoms with Crippen LogP contribution < -0.4 is 5.32 Å². The van der Waals surface area contributed by atoms with Crippen LogP contribution >= 0.6 is 39.3 Å². The van der Waals surface area contributed by atoms with E-state index in [0.717, 1.165) is 20.9 Å². The van der Waals surface area contributed by atoms with Crippen molar-refractivity contribution >= 4 is 39.3 Å². The fourth-order valence-electron chi connectivity index (χ4n) is 2.03. The minimum Gasteiger partial charge on any atom is -0.310 e. The molecule has 20 heavy (non-hydrogen) atoms. The van der Waals surface area contributed by atoms with Gasteiger partial charge >= 0.3 is 0 Å². The Bertz CT molecular complexity index is 588. The lowest BCUT2D eigenvalue weighted by Crippen LogP contribution is -2.18. The molecule has 0 spiro atoms. The molecule has 0 heterocycles. The van der Waals surface area contributed by atoms with Crippen LogP contribution in [0.3, 0.4) is 0 Å². The molecular weight excluding hydrogens is 354 g/mol. The average molecular weight is 371 g/mol. The highest BCUT2D eigenvalue weighted by Gasteiger charge is 2.11. The van der Waals surface area contributed by atoms with Crippen molar-refractivity contribution in [1.29, 1.82) is 0 Å². The Morgan fingerprint density at radius 1 is 1.25 bits per heavy atom. The number of halogens is 2. The second kappa shape index (κ2) is 7.51. The molecule has 0 bridgehead atoms. The Balaban J connectivity index is 2.32. The lowest BCUT2D eigenvalue weighted by molar-refractivity contribution is 0.589. The van der Waals surface area contributed by atoms with Crippen LogP contribution in [-0.4, -0.2) is 6.54 Å². The summed E-state index contributed by atoms with van der Waals surface area (Å²) in [5.74, 6) is 0. The zero-order valence-electron chi connectivity index (χ0n) is 11.5. The van der Waals surface area contributed by atoms with Crippen LogP contribution in [0.15, 0.2) is 56.7 Å². The zero-order valence-corrected chi connectivity index (χ0v) is 14.6. The molecule has 2 aromatic rings. The summed E-state index contributed by atoms with van der Waals surface area (Å²) in [6.45, 7) is 5.27. The topological polar surface area (TPSA) is 12.0 Å². The molecule has 0 fully saturated rings. The lowest BCUT2D eigenvalue weighted by atomic mass is 10.1. The quantitative estimate of drug-likeness (QED) is 0.700. The van der Waals surface area contributed by atoms with Crippen molar-refractivity contribution in [1.82, 2.24) is 5.32 Å². The number of hydrogen-bond donors (Lipinski definition) is 1. The molecule has 106 valence electrons. The molecule has 2 rings (SSSR count). The molecule has 0 saturated carbocycles. The summed E-state index contributed by atoms with van der Waals surface area (Å²) in [6.07, 6.45) is 0. The molecule has 1 N–H and O–H groups in total. The lowest BCUT2D eigenvalue weighted by Gasteiger charge is -2.17. The third-order valence-electron chi connectivity index (χ3n) is 2.98. The summed E-state index contributed by atoms with van der Waals surface area (Å²) >= 11 is 11.4. The summed E-state index contributed by atoms with van der Waals surface area (Å²) in [7, 11) is 0. The molecule has 0 aliphatic heterocycles. The van der Waals surface area contributed by atoms with E-state index in [4.69, 9.17) is 11.6 Å². The highest BCUT2D eigenvalue weighted by atomic mass is 79.9. The monoisotopic (exact) mass is 369 g/mol. The first kappa shape index (κ1) is 15.9. The van der Waals surface area contributed by atoms with Crippen molar-refractivity contribution in [2.75, 3.05) is 6.54 Å². The van der Waals surface area contributed by atoms with E-state index in [1.165, 1.54) is 10.5 Å². The van der Waals surface area contributed by atoms with Crippen molar-refractivity contribution in [2.24, 2.45) is 0 Å². The third kappa shape index (κ3) is 4.26. The van der Waals surface area contributed by atoms with Crippen molar-refractivity contribution in [3.05, 3.63) is 57.5 Å². The Morgan fingerprint density at radius 3 is 2.75 bits per heavy atom. The van der Waals surface area contributed by atoms with Gasteiger partial charge in [0.1, 0.15) is 0 Å². The predicted octanol–water partition coefficient (Wildman–Crippen LogP) is 5.92. The molecule has 0 amide bonds. The first-order valence-corrected chi connectivity index (χ1v) is 8.55. The van der Waals surface area contributed by atoms with Gasteiger partial charge in [-0.2, -0.15) is 0 Å². The van der Waals surface area contributed by atoms with Crippen LogP contribution in [-0.2, 0) is 0 Å². The van der Waals surface area contributed by atoms with Crippen molar-refractivity contribution in [3.63, 3.8) is 0 Å². The zero-order chi connectivity index (χ0) is 14.5. The van der Waals surface area contributed by atoms with Gasteiger partial charge < -0.3 is 5.32 Å². The van der Waals surface area contributed by atoms with Crippen molar-refractivity contribution in [2.45, 2.75) is 29.7 Å². The average Bonchev–Trinajstić information content (AvgIpc) is 2.39. The minimum absolute atomic E-state index is 0.329. The van der Waals surface area contributed by atoms with Crippen LogP contribution in [0, 0.1) is 0 Å². The molecule has 1 nitrogen and oxygen atoms in total. The molecule has 0 aliphatic rings. The molecule has 1 unspecified atom stereocenters. The summed E-state index contributed by atoms with van der Waals surface area (Å²) in [6, 6.07) is 14.7. The van der Waals surface area contributed by atoms with Crippen LogP contribution in [0.4, 0.5) is 0 Å². The molecule has 0 saturated heterocycles. The predicted molar refractivity (Wildman–Crippen MR) is 91.8 cm³/mol. The largest absolute Gasteiger partial charge is 0.310 e. The molecule has 2 aromatic carbocycles. The van der Waals surface area contributed by atoms with Crippen molar-refractivity contribution in [3.8, 4) is 0 Å². The van der Waals surface area contributed by atoms with E-state index in [2.05, 4.69) is 59.4 Å². The van der Waals surface area contributed by atoms with Gasteiger partial charge in [0, 0.05) is 25.3 Å². The maximum Gasteiger partial charge on any atom is 0.0417 e. The normalized spacial score (nSPS) is 12.4. The molecule has 4 heteroatoms. The molecule has 1 atom stereocenters. The van der Waals surface area contributed by atoms with E-state index in [-0.39, 0.29) is 0 Å². The van der Waals surface area contributed by atoms with E-state index in [9.17, 15) is 0 Å². The van der Waals surface area contributed by atoms with Gasteiger partial charge in [0.05, 0.1) is 0 Å². The number of rotatable bonds is 5. The number of benzene rings is 2. The van der Waals surface area contributed by atoms with E-state index in [1.807, 2.05) is 18.2 Å². The third-order valence-corrected chi connectivity index (χ3v) is 4.77. The Hall–Kier alpha value is -0.480. The number of hydrogen-bond acceptors (Lipinski definition) is 2. The maximum atomic E-state index is 6.06. The van der Waals surface area contributed by atoms with E-state index in [1.54, 1.807) is 11.8 Å². The Kier molecular flexibility index (Phi) is 5.97. The maximum absolute atomic E-state index is 6.06. The van der Waals surface area contributed by atoms with E-state index >= 15 is 0 Å². The standard InChI is InChI=1S/C16H17BrClNS/c1-3-19-11(2)15-8-7-12(17)9-16(15)20-14-6-4-5-13(18)10-14/h4-11,19H,3H2,1-2H3. The highest BCUT2D eigenvalue weighted by Crippen LogP contribution is 2.36. The summed E-state index contributed by atoms with van der Waals surface area (Å²) in [5.41, 5.74) is 1.31. The van der Waals surface area contributed by atoms with Crippen LogP contribution in [0.5, 0.6) is 0 Å². The summed E-state index contributed by atoms with van der Waals surface area (Å²) < 4.78 is 1.09. The second-order valence-electron chi connectivity index (χ2n) is 4.52. The summed E-state index contributed by atoms with van der Waals surface area (Å²) in [4.78, 5) is 2.40. The SMILES string of the molecule is CCNC(C)c1ccc(Br)cc1Sc1cccc(Cl)c1. The first-order chi connectivity index (χ1) is 9.60. The summed E-state index contributed by atoms with van der Waals surface area (Å²) in [5, 5.41) is 4.23. The van der Waals surface area contributed by atoms with Crippen LogP contribution in [0.2, 0.25) is 5.02 Å². The number of nitrogens with one attached hydrogen (secondary N) is 1. The van der Waals surface area contributed by atoms with Crippen molar-refractivity contribution < 1.29 is 0 Å². The first-order valence-electron chi connectivity index (χ1n) is 6.56. The van der Waals surface area contributed by atoms with Gasteiger partial charge in [0.25, 0.3) is 0 Å². The minimum atomic E-state index is 0.329.